The van der Waals surface area contributed by atoms with Crippen molar-refractivity contribution >= 4 is 28.8 Å². The Hall–Kier alpha value is -2.99. The Morgan fingerprint density at radius 2 is 1.77 bits per heavy atom. The molecule has 3 rings (SSSR count). The van der Waals surface area contributed by atoms with Crippen LogP contribution in [0.1, 0.15) is 36.4 Å². The van der Waals surface area contributed by atoms with Gasteiger partial charge in [-0.25, -0.2) is 4.98 Å². The van der Waals surface area contributed by atoms with Gasteiger partial charge < -0.3 is 10.6 Å². The van der Waals surface area contributed by atoms with Crippen molar-refractivity contribution < 1.29 is 9.59 Å². The Labute approximate surface area is 181 Å². The number of aromatic nitrogens is 1. The fourth-order valence-electron chi connectivity index (χ4n) is 3.15. The van der Waals surface area contributed by atoms with E-state index in [1.54, 1.807) is 6.92 Å². The van der Waals surface area contributed by atoms with Crippen LogP contribution in [0.15, 0.2) is 53.9 Å². The molecule has 0 fully saturated rings. The van der Waals surface area contributed by atoms with Crippen LogP contribution in [0, 0.1) is 6.92 Å². The number of benzene rings is 2. The van der Waals surface area contributed by atoms with Crippen molar-refractivity contribution in [3.63, 3.8) is 0 Å². The van der Waals surface area contributed by atoms with Crippen LogP contribution >= 0.6 is 11.3 Å². The molecule has 0 radical (unpaired) electrons. The molecule has 0 aliphatic carbocycles. The molecular formula is C24H27N3O2S. The van der Waals surface area contributed by atoms with Crippen molar-refractivity contribution in [1.29, 1.82) is 0 Å². The number of nitrogens with zero attached hydrogens (tertiary/aromatic N) is 1. The molecule has 6 heteroatoms. The van der Waals surface area contributed by atoms with E-state index in [-0.39, 0.29) is 24.3 Å². The van der Waals surface area contributed by atoms with Crippen molar-refractivity contribution in [2.45, 2.75) is 46.1 Å². The van der Waals surface area contributed by atoms with Crippen molar-refractivity contribution in [1.82, 2.24) is 10.3 Å². The average Bonchev–Trinajstić information content (AvgIpc) is 3.16. The number of nitrogens with one attached hydrogen (secondary N) is 2. The number of hydrogen-bond donors (Lipinski definition) is 2. The highest BCUT2D eigenvalue weighted by Gasteiger charge is 2.10. The van der Waals surface area contributed by atoms with Gasteiger partial charge in [-0.05, 0) is 44.4 Å². The number of thiazole rings is 1. The van der Waals surface area contributed by atoms with Crippen molar-refractivity contribution in [2.24, 2.45) is 0 Å². The van der Waals surface area contributed by atoms with Crippen LogP contribution in [0.3, 0.4) is 0 Å². The molecule has 0 aliphatic heterocycles. The molecule has 1 heterocycles. The maximum Gasteiger partial charge on any atom is 0.231 e. The highest BCUT2D eigenvalue weighted by Crippen LogP contribution is 2.23. The van der Waals surface area contributed by atoms with Gasteiger partial charge in [0.2, 0.25) is 11.8 Å². The summed E-state index contributed by atoms with van der Waals surface area (Å²) in [6.07, 6.45) is 2.07. The number of aryl methyl sites for hydroxylation is 2. The number of carbonyl (C=O) groups excluding carboxylic acids is 2. The lowest BCUT2D eigenvalue weighted by atomic mass is 10.0. The van der Waals surface area contributed by atoms with Crippen LogP contribution < -0.4 is 10.6 Å². The Bertz CT molecular complexity index is 994. The molecule has 0 saturated carbocycles. The lowest BCUT2D eigenvalue weighted by molar-refractivity contribution is -0.119. The first kappa shape index (κ1) is 21.7. The molecule has 5 nitrogen and oxygen atoms in total. The zero-order chi connectivity index (χ0) is 21.5. The Morgan fingerprint density at radius 1 is 1.07 bits per heavy atom. The van der Waals surface area contributed by atoms with Gasteiger partial charge in [-0.1, -0.05) is 42.0 Å². The molecule has 2 N–H and O–H groups in total. The van der Waals surface area contributed by atoms with Crippen molar-refractivity contribution in [3.8, 4) is 11.3 Å². The Balaban J connectivity index is 1.54. The van der Waals surface area contributed by atoms with Gasteiger partial charge in [-0.3, -0.25) is 9.59 Å². The standard InChI is InChI=1S/C24H27N3O2S/c1-16-4-12-21(13-5-16)26-23(29)14-24-27-22(15-30-24)20-10-8-19(9-11-20)7-6-17(2)25-18(3)28/h4-5,8-13,15,17H,6-7,14H2,1-3H3,(H,25,28)(H,26,29)/t17-/m1/s1. The third kappa shape index (κ3) is 6.52. The van der Waals surface area contributed by atoms with Gasteiger partial charge in [-0.15, -0.1) is 11.3 Å². The average molecular weight is 422 g/mol. The van der Waals surface area contributed by atoms with Crippen LogP contribution in [0.4, 0.5) is 5.69 Å². The van der Waals surface area contributed by atoms with Crippen molar-refractivity contribution in [2.75, 3.05) is 5.32 Å². The van der Waals surface area contributed by atoms with E-state index in [0.29, 0.717) is 0 Å². The van der Waals surface area contributed by atoms with Crippen LogP contribution in [-0.4, -0.2) is 22.8 Å². The van der Waals surface area contributed by atoms with E-state index in [0.717, 1.165) is 40.4 Å². The number of amides is 2. The van der Waals surface area contributed by atoms with Gasteiger partial charge in [0.05, 0.1) is 12.1 Å². The van der Waals surface area contributed by atoms with Gasteiger partial charge in [0.25, 0.3) is 0 Å². The third-order valence-electron chi connectivity index (χ3n) is 4.76. The predicted octanol–water partition coefficient (Wildman–Crippen LogP) is 4.76. The maximum absolute atomic E-state index is 12.3. The molecule has 3 aromatic rings. The maximum atomic E-state index is 12.3. The third-order valence-corrected chi connectivity index (χ3v) is 5.61. The van der Waals surface area contributed by atoms with Gasteiger partial charge in [0.1, 0.15) is 5.01 Å². The van der Waals surface area contributed by atoms with Gasteiger partial charge >= 0.3 is 0 Å². The zero-order valence-electron chi connectivity index (χ0n) is 17.6. The first-order valence-electron chi connectivity index (χ1n) is 10.1. The minimum absolute atomic E-state index is 0.00438. The monoisotopic (exact) mass is 421 g/mol. The van der Waals surface area contributed by atoms with E-state index < -0.39 is 0 Å². The first-order valence-corrected chi connectivity index (χ1v) is 10.9. The second-order valence-corrected chi connectivity index (χ2v) is 8.50. The van der Waals surface area contributed by atoms with E-state index in [1.165, 1.54) is 16.9 Å². The summed E-state index contributed by atoms with van der Waals surface area (Å²) in [4.78, 5) is 28.0. The van der Waals surface area contributed by atoms with Crippen LogP contribution in [0.2, 0.25) is 0 Å². The van der Waals surface area contributed by atoms with Gasteiger partial charge in [-0.2, -0.15) is 0 Å². The molecule has 1 aromatic heterocycles. The summed E-state index contributed by atoms with van der Waals surface area (Å²) < 4.78 is 0. The van der Waals surface area contributed by atoms with Gasteiger partial charge in [0.15, 0.2) is 0 Å². The molecule has 0 bridgehead atoms. The molecule has 0 saturated heterocycles. The van der Waals surface area contributed by atoms with E-state index in [1.807, 2.05) is 43.5 Å². The topological polar surface area (TPSA) is 71.1 Å². The number of rotatable bonds is 8. The molecule has 1 atom stereocenters. The van der Waals surface area contributed by atoms with Crippen LogP contribution in [-0.2, 0) is 22.4 Å². The Morgan fingerprint density at radius 3 is 2.43 bits per heavy atom. The molecule has 0 spiro atoms. The summed E-state index contributed by atoms with van der Waals surface area (Å²) in [7, 11) is 0. The summed E-state index contributed by atoms with van der Waals surface area (Å²) in [6.45, 7) is 5.57. The second kappa shape index (κ2) is 10.2. The largest absolute Gasteiger partial charge is 0.354 e. The normalized spacial score (nSPS) is 11.7. The molecule has 2 aromatic carbocycles. The van der Waals surface area contributed by atoms with E-state index >= 15 is 0 Å². The van der Waals surface area contributed by atoms with Gasteiger partial charge in [0, 0.05) is 29.6 Å². The summed E-state index contributed by atoms with van der Waals surface area (Å²) in [5.74, 6) is -0.0619. The fraction of sp³-hybridized carbons (Fsp3) is 0.292. The summed E-state index contributed by atoms with van der Waals surface area (Å²) in [5.41, 5.74) is 5.10. The molecule has 0 aliphatic rings. The minimum atomic E-state index is -0.0663. The number of carbonyl (C=O) groups is 2. The lowest BCUT2D eigenvalue weighted by Crippen LogP contribution is -2.30. The van der Waals surface area contributed by atoms with Crippen LogP contribution in [0.5, 0.6) is 0 Å². The summed E-state index contributed by atoms with van der Waals surface area (Å²) >= 11 is 1.50. The highest BCUT2D eigenvalue weighted by molar-refractivity contribution is 7.10. The molecule has 0 unspecified atom stereocenters. The first-order chi connectivity index (χ1) is 14.4. The number of anilines is 1. The Kier molecular flexibility index (Phi) is 7.36. The minimum Gasteiger partial charge on any atom is -0.354 e. The summed E-state index contributed by atoms with van der Waals surface area (Å²) in [6, 6.07) is 16.2. The van der Waals surface area contributed by atoms with E-state index in [4.69, 9.17) is 0 Å². The molecule has 2 amide bonds. The summed E-state index contributed by atoms with van der Waals surface area (Å²) in [5, 5.41) is 8.60. The lowest BCUT2D eigenvalue weighted by Gasteiger charge is -2.12. The van der Waals surface area contributed by atoms with E-state index in [2.05, 4.69) is 39.9 Å². The smallest absolute Gasteiger partial charge is 0.231 e. The number of hydrogen-bond acceptors (Lipinski definition) is 4. The predicted molar refractivity (Wildman–Crippen MR) is 123 cm³/mol. The second-order valence-electron chi connectivity index (χ2n) is 7.55. The fourth-order valence-corrected chi connectivity index (χ4v) is 3.95. The zero-order valence-corrected chi connectivity index (χ0v) is 18.4. The van der Waals surface area contributed by atoms with Crippen molar-refractivity contribution in [3.05, 3.63) is 70.0 Å². The quantitative estimate of drug-likeness (QED) is 0.551. The SMILES string of the molecule is CC(=O)N[C@H](C)CCc1ccc(-c2csc(CC(=O)Nc3ccc(C)cc3)n2)cc1. The highest BCUT2D eigenvalue weighted by atomic mass is 32.1. The van der Waals surface area contributed by atoms with Crippen LogP contribution in [0.25, 0.3) is 11.3 Å². The van der Waals surface area contributed by atoms with E-state index in [9.17, 15) is 9.59 Å². The molecule has 156 valence electrons. The molecule has 30 heavy (non-hydrogen) atoms. The molecular weight excluding hydrogens is 394 g/mol.